The molecule has 1 aromatic rings. The molecule has 1 atom stereocenters. The number of nitrogens with two attached hydrogens (primary N) is 1. The first-order chi connectivity index (χ1) is 8.61. The zero-order valence-corrected chi connectivity index (χ0v) is 13.5. The molecule has 0 saturated heterocycles. The van der Waals surface area contributed by atoms with Gasteiger partial charge in [0.25, 0.3) is 0 Å². The molecule has 6 heteroatoms. The molecule has 1 heterocycles. The molecular weight excluding hydrogens is 297 g/mol. The average molecular weight is 320 g/mol. The number of benzene rings is 1. The van der Waals surface area contributed by atoms with Crippen LogP contribution in [0.2, 0.25) is 0 Å². The second-order valence-corrected chi connectivity index (χ2v) is 4.93. The van der Waals surface area contributed by atoms with E-state index in [0.717, 1.165) is 31.7 Å². The Hall–Kier alpha value is -0.810. The molecule has 0 saturated carbocycles. The van der Waals surface area contributed by atoms with Gasteiger partial charge in [0.05, 0.1) is 6.04 Å². The Kier molecular flexibility index (Phi) is 8.13. The van der Waals surface area contributed by atoms with Gasteiger partial charge in [0.15, 0.2) is 0 Å². The fraction of sp³-hybridized carbons (Fsp3) is 0.500. The second-order valence-electron chi connectivity index (χ2n) is 4.93. The van der Waals surface area contributed by atoms with Crippen LogP contribution in [0.25, 0.3) is 0 Å². The lowest BCUT2D eigenvalue weighted by atomic mass is 10.1. The second kappa shape index (κ2) is 8.47. The van der Waals surface area contributed by atoms with Gasteiger partial charge >= 0.3 is 0 Å². The molecule has 1 aromatic carbocycles. The molecule has 1 amide bonds. The van der Waals surface area contributed by atoms with E-state index in [4.69, 9.17) is 5.73 Å². The third kappa shape index (κ3) is 4.35. The number of nitrogens with one attached hydrogen (secondary N) is 1. The lowest BCUT2D eigenvalue weighted by Crippen LogP contribution is -2.32. The van der Waals surface area contributed by atoms with Crippen LogP contribution >= 0.6 is 24.8 Å². The van der Waals surface area contributed by atoms with Crippen LogP contribution in [-0.4, -0.2) is 23.4 Å². The van der Waals surface area contributed by atoms with Crippen molar-refractivity contribution in [3.8, 4) is 0 Å². The van der Waals surface area contributed by atoms with Gasteiger partial charge in [-0.2, -0.15) is 0 Å². The van der Waals surface area contributed by atoms with E-state index in [1.165, 1.54) is 11.1 Å². The standard InChI is InChI=1S/C14H21N3O.2ClH/c1-3-7-17-8-11-5-4-6-13(12(11)9-17)16-14(18)10(2)15;;/h4-6,10H,3,7-9,15H2,1-2H3,(H,16,18);2*1H. The van der Waals surface area contributed by atoms with Crippen molar-refractivity contribution in [3.63, 3.8) is 0 Å². The maximum Gasteiger partial charge on any atom is 0.241 e. The SMILES string of the molecule is CCCN1Cc2cccc(NC(=O)C(C)N)c2C1.Cl.Cl. The van der Waals surface area contributed by atoms with Crippen molar-refractivity contribution < 1.29 is 4.79 Å². The summed E-state index contributed by atoms with van der Waals surface area (Å²) in [6.45, 7) is 6.86. The molecule has 0 aliphatic carbocycles. The Morgan fingerprint density at radius 3 is 2.70 bits per heavy atom. The quantitative estimate of drug-likeness (QED) is 0.896. The minimum absolute atomic E-state index is 0. The topological polar surface area (TPSA) is 58.4 Å². The van der Waals surface area contributed by atoms with E-state index in [-0.39, 0.29) is 30.7 Å². The molecule has 20 heavy (non-hydrogen) atoms. The van der Waals surface area contributed by atoms with Gasteiger partial charge in [-0.15, -0.1) is 24.8 Å². The molecule has 3 N–H and O–H groups in total. The number of fused-ring (bicyclic) bond motifs is 1. The lowest BCUT2D eigenvalue weighted by molar-refractivity contribution is -0.117. The highest BCUT2D eigenvalue weighted by Gasteiger charge is 2.21. The minimum Gasteiger partial charge on any atom is -0.324 e. The van der Waals surface area contributed by atoms with Gasteiger partial charge in [0, 0.05) is 18.8 Å². The summed E-state index contributed by atoms with van der Waals surface area (Å²) in [5.41, 5.74) is 9.04. The molecule has 4 nitrogen and oxygen atoms in total. The van der Waals surface area contributed by atoms with E-state index in [2.05, 4.69) is 23.2 Å². The van der Waals surface area contributed by atoms with Crippen LogP contribution in [0.5, 0.6) is 0 Å². The Morgan fingerprint density at radius 1 is 1.40 bits per heavy atom. The maximum absolute atomic E-state index is 11.7. The van der Waals surface area contributed by atoms with Gasteiger partial charge in [-0.3, -0.25) is 9.69 Å². The van der Waals surface area contributed by atoms with E-state index >= 15 is 0 Å². The zero-order chi connectivity index (χ0) is 13.1. The number of amides is 1. The molecule has 0 spiro atoms. The van der Waals surface area contributed by atoms with Crippen molar-refractivity contribution in [1.82, 2.24) is 4.90 Å². The van der Waals surface area contributed by atoms with Gasteiger partial charge in [-0.25, -0.2) is 0 Å². The van der Waals surface area contributed by atoms with Crippen LogP contribution in [0.4, 0.5) is 5.69 Å². The minimum atomic E-state index is -0.478. The first-order valence-corrected chi connectivity index (χ1v) is 6.51. The average Bonchev–Trinajstić information content (AvgIpc) is 2.73. The number of nitrogens with zero attached hydrogens (tertiary/aromatic N) is 1. The Morgan fingerprint density at radius 2 is 2.10 bits per heavy atom. The van der Waals surface area contributed by atoms with Crippen LogP contribution in [0.1, 0.15) is 31.4 Å². The predicted molar refractivity (Wildman–Crippen MR) is 87.6 cm³/mol. The Bertz CT molecular complexity index is 452. The van der Waals surface area contributed by atoms with Crippen molar-refractivity contribution in [2.45, 2.75) is 39.4 Å². The van der Waals surface area contributed by atoms with Crippen LogP contribution in [0.3, 0.4) is 0 Å². The molecule has 1 aliphatic rings. The van der Waals surface area contributed by atoms with Crippen molar-refractivity contribution in [1.29, 1.82) is 0 Å². The number of halogens is 2. The number of rotatable bonds is 4. The van der Waals surface area contributed by atoms with E-state index in [1.54, 1.807) is 6.92 Å². The number of hydrogen-bond donors (Lipinski definition) is 2. The summed E-state index contributed by atoms with van der Waals surface area (Å²) in [5, 5.41) is 2.91. The summed E-state index contributed by atoms with van der Waals surface area (Å²) in [5.74, 6) is -0.127. The molecular formula is C14H23Cl2N3O. The normalized spacial score (nSPS) is 14.8. The van der Waals surface area contributed by atoms with Gasteiger partial charge in [0.1, 0.15) is 0 Å². The summed E-state index contributed by atoms with van der Waals surface area (Å²) in [4.78, 5) is 14.1. The highest BCUT2D eigenvalue weighted by molar-refractivity contribution is 5.95. The Labute approximate surface area is 132 Å². The number of hydrogen-bond acceptors (Lipinski definition) is 3. The lowest BCUT2D eigenvalue weighted by Gasteiger charge is -2.13. The highest BCUT2D eigenvalue weighted by Crippen LogP contribution is 2.29. The number of carbonyl (C=O) groups excluding carboxylic acids is 1. The fourth-order valence-corrected chi connectivity index (χ4v) is 2.33. The van der Waals surface area contributed by atoms with Crippen molar-refractivity contribution >= 4 is 36.4 Å². The highest BCUT2D eigenvalue weighted by atomic mass is 35.5. The molecule has 2 rings (SSSR count). The van der Waals surface area contributed by atoms with E-state index in [0.29, 0.717) is 0 Å². The fourth-order valence-electron chi connectivity index (χ4n) is 2.33. The number of anilines is 1. The molecule has 1 aliphatic heterocycles. The van der Waals surface area contributed by atoms with Gasteiger partial charge in [-0.1, -0.05) is 19.1 Å². The van der Waals surface area contributed by atoms with Crippen LogP contribution in [0.15, 0.2) is 18.2 Å². The third-order valence-electron chi connectivity index (χ3n) is 3.26. The largest absolute Gasteiger partial charge is 0.324 e. The first-order valence-electron chi connectivity index (χ1n) is 6.51. The van der Waals surface area contributed by atoms with E-state index in [1.807, 2.05) is 12.1 Å². The molecule has 0 fully saturated rings. The van der Waals surface area contributed by atoms with Crippen LogP contribution < -0.4 is 11.1 Å². The van der Waals surface area contributed by atoms with E-state index < -0.39 is 6.04 Å². The van der Waals surface area contributed by atoms with Crippen molar-refractivity contribution in [3.05, 3.63) is 29.3 Å². The molecule has 114 valence electrons. The van der Waals surface area contributed by atoms with E-state index in [9.17, 15) is 4.79 Å². The number of carbonyl (C=O) groups is 1. The summed E-state index contributed by atoms with van der Waals surface area (Å²) in [6.07, 6.45) is 1.15. The van der Waals surface area contributed by atoms with Gasteiger partial charge in [-0.05, 0) is 37.1 Å². The molecule has 0 bridgehead atoms. The first kappa shape index (κ1) is 19.2. The van der Waals surface area contributed by atoms with Crippen molar-refractivity contribution in [2.75, 3.05) is 11.9 Å². The Balaban J connectivity index is 0.00000180. The van der Waals surface area contributed by atoms with Crippen LogP contribution in [-0.2, 0) is 17.9 Å². The van der Waals surface area contributed by atoms with Crippen LogP contribution in [0, 0.1) is 0 Å². The monoisotopic (exact) mass is 319 g/mol. The summed E-state index contributed by atoms with van der Waals surface area (Å²) in [6, 6.07) is 5.60. The van der Waals surface area contributed by atoms with Gasteiger partial charge in [0.2, 0.25) is 5.91 Å². The zero-order valence-electron chi connectivity index (χ0n) is 11.9. The van der Waals surface area contributed by atoms with Gasteiger partial charge < -0.3 is 11.1 Å². The predicted octanol–water partition coefficient (Wildman–Crippen LogP) is 2.54. The summed E-state index contributed by atoms with van der Waals surface area (Å²) >= 11 is 0. The van der Waals surface area contributed by atoms with Crippen molar-refractivity contribution in [2.24, 2.45) is 5.73 Å². The molecule has 1 unspecified atom stereocenters. The maximum atomic E-state index is 11.7. The third-order valence-corrected chi connectivity index (χ3v) is 3.26. The molecule has 0 aromatic heterocycles. The smallest absolute Gasteiger partial charge is 0.241 e. The summed E-state index contributed by atoms with van der Waals surface area (Å²) in [7, 11) is 0. The summed E-state index contributed by atoms with van der Waals surface area (Å²) < 4.78 is 0. The molecule has 0 radical (unpaired) electrons.